The number of halogens is 3. The van der Waals surface area contributed by atoms with Crippen LogP contribution in [0.4, 0.5) is 19.0 Å². The Kier molecular flexibility index (Phi) is 5.56. The lowest BCUT2D eigenvalue weighted by molar-refractivity contribution is -0.144. The van der Waals surface area contributed by atoms with Crippen LogP contribution in [0.15, 0.2) is 18.2 Å². The Balaban J connectivity index is 2.32. The van der Waals surface area contributed by atoms with Crippen LogP contribution in [-0.2, 0) is 10.9 Å². The predicted molar refractivity (Wildman–Crippen MR) is 77.5 cm³/mol. The zero-order valence-corrected chi connectivity index (χ0v) is 12.4. The molecule has 0 aliphatic heterocycles. The molecule has 0 bridgehead atoms. The fourth-order valence-electron chi connectivity index (χ4n) is 1.91. The van der Waals surface area contributed by atoms with Crippen molar-refractivity contribution in [2.24, 2.45) is 0 Å². The summed E-state index contributed by atoms with van der Waals surface area (Å²) >= 11 is 0. The average Bonchev–Trinajstić information content (AvgIpc) is 2.52. The molecule has 0 atom stereocenters. The minimum absolute atomic E-state index is 0.0672. The molecule has 0 saturated heterocycles. The van der Waals surface area contributed by atoms with Crippen LogP contribution in [-0.4, -0.2) is 48.5 Å². The molecule has 1 aromatic heterocycles. The minimum Gasteiger partial charge on any atom is -0.497 e. The van der Waals surface area contributed by atoms with Crippen molar-refractivity contribution in [3.05, 3.63) is 24.0 Å². The normalized spacial score (nSPS) is 11.7. The van der Waals surface area contributed by atoms with Crippen molar-refractivity contribution in [2.75, 3.05) is 38.8 Å². The molecule has 1 aromatic carbocycles. The van der Waals surface area contributed by atoms with Gasteiger partial charge >= 0.3 is 6.18 Å². The number of rotatable bonds is 7. The number of benzene rings is 1. The molecule has 1 heterocycles. The molecular formula is C14H16F3N3O3. The number of alkyl halides is 3. The fraction of sp³-hybridized carbons (Fsp3) is 0.429. The number of methoxy groups -OCH3 is 1. The quantitative estimate of drug-likeness (QED) is 0.757. The summed E-state index contributed by atoms with van der Waals surface area (Å²) in [5.41, 5.74) is 0.130. The maximum absolute atomic E-state index is 12.9. The van der Waals surface area contributed by atoms with Gasteiger partial charge in [0.2, 0.25) is 5.82 Å². The van der Waals surface area contributed by atoms with Gasteiger partial charge in [-0.05, 0) is 12.1 Å². The Morgan fingerprint density at radius 3 is 2.65 bits per heavy atom. The number of fused-ring (bicyclic) bond motifs is 1. The van der Waals surface area contributed by atoms with E-state index in [1.165, 1.54) is 13.2 Å². The van der Waals surface area contributed by atoms with E-state index >= 15 is 0 Å². The second-order valence-electron chi connectivity index (χ2n) is 4.54. The molecule has 2 rings (SSSR count). The summed E-state index contributed by atoms with van der Waals surface area (Å²) in [7, 11) is 1.42. The van der Waals surface area contributed by atoms with E-state index in [2.05, 4.69) is 15.3 Å². The molecule has 126 valence electrons. The van der Waals surface area contributed by atoms with Gasteiger partial charge in [0.25, 0.3) is 0 Å². The average molecular weight is 331 g/mol. The van der Waals surface area contributed by atoms with Gasteiger partial charge in [0.15, 0.2) is 0 Å². The zero-order chi connectivity index (χ0) is 16.9. The van der Waals surface area contributed by atoms with E-state index in [1.807, 2.05) is 0 Å². The molecule has 0 unspecified atom stereocenters. The number of aliphatic hydroxyl groups excluding tert-OH is 1. The monoisotopic (exact) mass is 331 g/mol. The Morgan fingerprint density at radius 1 is 1.22 bits per heavy atom. The van der Waals surface area contributed by atoms with Gasteiger partial charge in [-0.1, -0.05) is 0 Å². The second-order valence-corrected chi connectivity index (χ2v) is 4.54. The molecule has 9 heteroatoms. The number of anilines is 1. The highest BCUT2D eigenvalue weighted by molar-refractivity contribution is 5.90. The molecule has 0 saturated carbocycles. The summed E-state index contributed by atoms with van der Waals surface area (Å²) in [5.74, 6) is -0.754. The van der Waals surface area contributed by atoms with Crippen LogP contribution in [0, 0.1) is 0 Å². The maximum atomic E-state index is 12.9. The third-order valence-electron chi connectivity index (χ3n) is 2.93. The fourth-order valence-corrected chi connectivity index (χ4v) is 1.91. The molecule has 0 spiro atoms. The van der Waals surface area contributed by atoms with Gasteiger partial charge in [-0.3, -0.25) is 0 Å². The first kappa shape index (κ1) is 17.2. The second kappa shape index (κ2) is 7.42. The van der Waals surface area contributed by atoms with Crippen LogP contribution in [0.25, 0.3) is 10.9 Å². The molecule has 0 amide bonds. The minimum atomic E-state index is -4.65. The van der Waals surface area contributed by atoms with Gasteiger partial charge in [0.05, 0.1) is 32.4 Å². The van der Waals surface area contributed by atoms with Crippen LogP contribution in [0.5, 0.6) is 5.75 Å². The highest BCUT2D eigenvalue weighted by Gasteiger charge is 2.35. The topological polar surface area (TPSA) is 76.5 Å². The number of aliphatic hydroxyl groups is 1. The molecule has 0 aliphatic carbocycles. The number of ether oxygens (including phenoxy) is 2. The number of aromatic nitrogens is 2. The van der Waals surface area contributed by atoms with Gasteiger partial charge in [0, 0.05) is 18.0 Å². The van der Waals surface area contributed by atoms with Crippen LogP contribution < -0.4 is 10.1 Å². The van der Waals surface area contributed by atoms with E-state index in [4.69, 9.17) is 14.6 Å². The summed E-state index contributed by atoms with van der Waals surface area (Å²) in [6, 6.07) is 4.62. The zero-order valence-electron chi connectivity index (χ0n) is 12.4. The van der Waals surface area contributed by atoms with Crippen LogP contribution in [0.1, 0.15) is 5.82 Å². The summed E-state index contributed by atoms with van der Waals surface area (Å²) < 4.78 is 48.9. The molecule has 2 N–H and O–H groups in total. The van der Waals surface area contributed by atoms with Gasteiger partial charge in [0.1, 0.15) is 11.6 Å². The van der Waals surface area contributed by atoms with Crippen molar-refractivity contribution in [3.63, 3.8) is 0 Å². The Hall–Kier alpha value is -2.13. The van der Waals surface area contributed by atoms with Crippen molar-refractivity contribution in [3.8, 4) is 5.75 Å². The summed E-state index contributed by atoms with van der Waals surface area (Å²) in [6.45, 7) is 0.519. The van der Waals surface area contributed by atoms with Crippen molar-refractivity contribution in [1.82, 2.24) is 9.97 Å². The van der Waals surface area contributed by atoms with Gasteiger partial charge < -0.3 is 19.9 Å². The predicted octanol–water partition coefficient (Wildman–Crippen LogP) is 2.08. The van der Waals surface area contributed by atoms with Crippen molar-refractivity contribution < 1.29 is 27.8 Å². The Morgan fingerprint density at radius 2 is 2.00 bits per heavy atom. The molecule has 23 heavy (non-hydrogen) atoms. The summed E-state index contributed by atoms with van der Waals surface area (Å²) in [5, 5.41) is 11.8. The van der Waals surface area contributed by atoms with Crippen LogP contribution >= 0.6 is 0 Å². The molecular weight excluding hydrogens is 315 g/mol. The Bertz CT molecular complexity index is 665. The van der Waals surface area contributed by atoms with E-state index < -0.39 is 12.0 Å². The van der Waals surface area contributed by atoms with Crippen molar-refractivity contribution >= 4 is 16.7 Å². The van der Waals surface area contributed by atoms with E-state index in [-0.39, 0.29) is 37.7 Å². The molecule has 0 aliphatic rings. The van der Waals surface area contributed by atoms with Crippen LogP contribution in [0.2, 0.25) is 0 Å². The van der Waals surface area contributed by atoms with Gasteiger partial charge in [-0.25, -0.2) is 9.97 Å². The summed E-state index contributed by atoms with van der Waals surface area (Å²) in [4.78, 5) is 7.11. The lowest BCUT2D eigenvalue weighted by Crippen LogP contribution is -2.16. The first-order chi connectivity index (χ1) is 11.0. The van der Waals surface area contributed by atoms with Crippen molar-refractivity contribution in [2.45, 2.75) is 6.18 Å². The van der Waals surface area contributed by atoms with E-state index in [9.17, 15) is 13.2 Å². The first-order valence-electron chi connectivity index (χ1n) is 6.81. The largest absolute Gasteiger partial charge is 0.497 e. The third-order valence-corrected chi connectivity index (χ3v) is 2.93. The highest BCUT2D eigenvalue weighted by atomic mass is 19.4. The summed E-state index contributed by atoms with van der Waals surface area (Å²) in [6.07, 6.45) is -4.65. The first-order valence-corrected chi connectivity index (χ1v) is 6.81. The lowest BCUT2D eigenvalue weighted by Gasteiger charge is -2.13. The highest BCUT2D eigenvalue weighted by Crippen LogP contribution is 2.31. The molecule has 6 nitrogen and oxygen atoms in total. The lowest BCUT2D eigenvalue weighted by atomic mass is 10.2. The Labute approximate surface area is 130 Å². The van der Waals surface area contributed by atoms with Crippen molar-refractivity contribution in [1.29, 1.82) is 0 Å². The number of hydrogen-bond donors (Lipinski definition) is 2. The standard InChI is InChI=1S/C14H16F3N3O3/c1-22-9-2-3-10-11(8-9)19-13(14(15,16)17)20-12(10)18-4-6-23-7-5-21/h2-3,8,21H,4-7H2,1H3,(H,18,19,20). The van der Waals surface area contributed by atoms with Crippen LogP contribution in [0.3, 0.4) is 0 Å². The number of nitrogens with one attached hydrogen (secondary N) is 1. The third kappa shape index (κ3) is 4.42. The number of hydrogen-bond acceptors (Lipinski definition) is 6. The number of nitrogens with zero attached hydrogens (tertiary/aromatic N) is 2. The molecule has 0 fully saturated rings. The molecule has 0 radical (unpaired) electrons. The van der Waals surface area contributed by atoms with E-state index in [1.54, 1.807) is 12.1 Å². The van der Waals surface area contributed by atoms with Gasteiger partial charge in [-0.15, -0.1) is 0 Å². The maximum Gasteiger partial charge on any atom is 0.451 e. The SMILES string of the molecule is COc1ccc2c(NCCOCCO)nc(C(F)(F)F)nc2c1. The smallest absolute Gasteiger partial charge is 0.451 e. The van der Waals surface area contributed by atoms with E-state index in [0.29, 0.717) is 11.1 Å². The van der Waals surface area contributed by atoms with Gasteiger partial charge in [-0.2, -0.15) is 13.2 Å². The molecule has 2 aromatic rings. The van der Waals surface area contributed by atoms with E-state index in [0.717, 1.165) is 0 Å².